The van der Waals surface area contributed by atoms with Crippen LogP contribution in [0.25, 0.3) is 11.1 Å². The summed E-state index contributed by atoms with van der Waals surface area (Å²) in [5.41, 5.74) is 1.23. The molecule has 0 heterocycles. The van der Waals surface area contributed by atoms with Crippen molar-refractivity contribution in [3.63, 3.8) is 0 Å². The molecule has 0 bridgehead atoms. The molecule has 4 heteroatoms. The van der Waals surface area contributed by atoms with Crippen molar-refractivity contribution in [2.24, 2.45) is 5.92 Å². The van der Waals surface area contributed by atoms with Crippen LogP contribution in [0.2, 0.25) is 0 Å². The average Bonchev–Trinajstić information content (AvgIpc) is 2.54. The van der Waals surface area contributed by atoms with Crippen LogP contribution in [0.4, 0.5) is 17.6 Å². The predicted octanol–water partition coefficient (Wildman–Crippen LogP) is 6.81. The zero-order valence-corrected chi connectivity index (χ0v) is 13.5. The monoisotopic (exact) mass is 336 g/mol. The molecule has 0 nitrogen and oxygen atoms in total. The van der Waals surface area contributed by atoms with Crippen LogP contribution >= 0.6 is 0 Å². The van der Waals surface area contributed by atoms with Gasteiger partial charge in [-0.3, -0.25) is 0 Å². The third kappa shape index (κ3) is 3.63. The Morgan fingerprint density at radius 3 is 1.96 bits per heavy atom. The first-order valence-electron chi connectivity index (χ1n) is 8.31. The first kappa shape index (κ1) is 17.0. The van der Waals surface area contributed by atoms with Crippen LogP contribution in [-0.2, 0) is 6.18 Å². The van der Waals surface area contributed by atoms with Gasteiger partial charge in [0.2, 0.25) is 0 Å². The van der Waals surface area contributed by atoms with Crippen LogP contribution in [0, 0.1) is 11.7 Å². The standard InChI is InChI=1S/C20H20F4/c1-13-2-4-14(5-3-13)15-6-8-16(9-7-15)17-10-11-18(19(21)12-17)20(22,23)24/h6-14H,2-5H2,1H3. The lowest BCUT2D eigenvalue weighted by molar-refractivity contribution is -0.139. The van der Waals surface area contributed by atoms with Crippen molar-refractivity contribution in [1.29, 1.82) is 0 Å². The minimum atomic E-state index is -4.66. The normalized spacial score (nSPS) is 21.7. The Morgan fingerprint density at radius 2 is 1.42 bits per heavy atom. The van der Waals surface area contributed by atoms with E-state index in [4.69, 9.17) is 0 Å². The lowest BCUT2D eigenvalue weighted by atomic mass is 9.79. The fourth-order valence-corrected chi connectivity index (χ4v) is 3.47. The lowest BCUT2D eigenvalue weighted by Crippen LogP contribution is -2.10. The summed E-state index contributed by atoms with van der Waals surface area (Å²) in [5.74, 6) is 0.112. The van der Waals surface area contributed by atoms with Gasteiger partial charge >= 0.3 is 6.18 Å². The minimum Gasteiger partial charge on any atom is -0.206 e. The van der Waals surface area contributed by atoms with E-state index < -0.39 is 17.6 Å². The Balaban J connectivity index is 1.80. The maximum absolute atomic E-state index is 13.7. The van der Waals surface area contributed by atoms with E-state index in [0.717, 1.165) is 23.6 Å². The molecule has 0 unspecified atom stereocenters. The average molecular weight is 336 g/mol. The first-order valence-corrected chi connectivity index (χ1v) is 8.31. The summed E-state index contributed by atoms with van der Waals surface area (Å²) in [4.78, 5) is 0. The summed E-state index contributed by atoms with van der Waals surface area (Å²) in [6, 6.07) is 10.9. The van der Waals surface area contributed by atoms with E-state index in [0.29, 0.717) is 11.5 Å². The number of benzene rings is 2. The van der Waals surface area contributed by atoms with E-state index in [-0.39, 0.29) is 0 Å². The molecule has 0 aliphatic heterocycles. The van der Waals surface area contributed by atoms with E-state index in [2.05, 4.69) is 6.92 Å². The van der Waals surface area contributed by atoms with Crippen molar-refractivity contribution < 1.29 is 17.6 Å². The molecule has 2 aromatic carbocycles. The highest BCUT2D eigenvalue weighted by molar-refractivity contribution is 5.64. The molecule has 0 aromatic heterocycles. The van der Waals surface area contributed by atoms with Gasteiger partial charge in [0.05, 0.1) is 5.56 Å². The SMILES string of the molecule is CC1CCC(c2ccc(-c3ccc(C(F)(F)F)c(F)c3)cc2)CC1. The van der Waals surface area contributed by atoms with E-state index >= 15 is 0 Å². The summed E-state index contributed by atoms with van der Waals surface area (Å²) in [7, 11) is 0. The zero-order chi connectivity index (χ0) is 17.3. The molecule has 1 fully saturated rings. The lowest BCUT2D eigenvalue weighted by Gasteiger charge is -2.26. The molecule has 128 valence electrons. The van der Waals surface area contributed by atoms with Crippen molar-refractivity contribution in [1.82, 2.24) is 0 Å². The Morgan fingerprint density at radius 1 is 0.833 bits per heavy atom. The summed E-state index contributed by atoms with van der Waals surface area (Å²) in [6.07, 6.45) is 0.155. The van der Waals surface area contributed by atoms with Crippen molar-refractivity contribution in [3.05, 3.63) is 59.4 Å². The maximum Gasteiger partial charge on any atom is 0.419 e. The first-order chi connectivity index (χ1) is 11.3. The van der Waals surface area contributed by atoms with Crippen LogP contribution in [0.15, 0.2) is 42.5 Å². The highest BCUT2D eigenvalue weighted by Crippen LogP contribution is 2.37. The van der Waals surface area contributed by atoms with E-state index in [1.165, 1.54) is 37.3 Å². The molecule has 0 radical (unpaired) electrons. The quantitative estimate of drug-likeness (QED) is 0.529. The number of hydrogen-bond donors (Lipinski definition) is 0. The van der Waals surface area contributed by atoms with Crippen LogP contribution in [-0.4, -0.2) is 0 Å². The van der Waals surface area contributed by atoms with Crippen molar-refractivity contribution >= 4 is 0 Å². The van der Waals surface area contributed by atoms with Crippen molar-refractivity contribution in [3.8, 4) is 11.1 Å². The second kappa shape index (κ2) is 6.58. The number of rotatable bonds is 2. The molecule has 0 saturated heterocycles. The van der Waals surface area contributed by atoms with Gasteiger partial charge in [-0.25, -0.2) is 4.39 Å². The molecule has 1 aliphatic rings. The topological polar surface area (TPSA) is 0 Å². The fourth-order valence-electron chi connectivity index (χ4n) is 3.47. The van der Waals surface area contributed by atoms with Gasteiger partial charge in [0.15, 0.2) is 0 Å². The molecule has 2 aromatic rings. The van der Waals surface area contributed by atoms with Gasteiger partial charge in [0.25, 0.3) is 0 Å². The fraction of sp³-hybridized carbons (Fsp3) is 0.400. The van der Waals surface area contributed by atoms with Crippen LogP contribution < -0.4 is 0 Å². The van der Waals surface area contributed by atoms with Gasteiger partial charge in [-0.1, -0.05) is 50.1 Å². The molecule has 1 saturated carbocycles. The Bertz CT molecular complexity index is 693. The smallest absolute Gasteiger partial charge is 0.206 e. The zero-order valence-electron chi connectivity index (χ0n) is 13.5. The van der Waals surface area contributed by atoms with E-state index in [9.17, 15) is 17.6 Å². The van der Waals surface area contributed by atoms with Crippen LogP contribution in [0.3, 0.4) is 0 Å². The molecule has 1 aliphatic carbocycles. The maximum atomic E-state index is 13.7. The second-order valence-corrected chi connectivity index (χ2v) is 6.77. The molecular formula is C20H20F4. The molecule has 3 rings (SSSR count). The van der Waals surface area contributed by atoms with Gasteiger partial charge in [0.1, 0.15) is 5.82 Å². The molecule has 24 heavy (non-hydrogen) atoms. The number of halogens is 4. The molecule has 0 amide bonds. The molecule has 0 N–H and O–H groups in total. The van der Waals surface area contributed by atoms with Gasteiger partial charge in [-0.15, -0.1) is 0 Å². The largest absolute Gasteiger partial charge is 0.419 e. The van der Waals surface area contributed by atoms with E-state index in [1.807, 2.05) is 24.3 Å². The Kier molecular flexibility index (Phi) is 4.66. The van der Waals surface area contributed by atoms with Crippen molar-refractivity contribution in [2.45, 2.75) is 44.7 Å². The van der Waals surface area contributed by atoms with E-state index in [1.54, 1.807) is 0 Å². The van der Waals surface area contributed by atoms with Gasteiger partial charge in [0, 0.05) is 0 Å². The summed E-state index contributed by atoms with van der Waals surface area (Å²) >= 11 is 0. The molecule has 0 spiro atoms. The van der Waals surface area contributed by atoms with Crippen LogP contribution in [0.5, 0.6) is 0 Å². The van der Waals surface area contributed by atoms with Crippen molar-refractivity contribution in [2.75, 3.05) is 0 Å². The summed E-state index contributed by atoms with van der Waals surface area (Å²) in [5, 5.41) is 0. The minimum absolute atomic E-state index is 0.462. The third-order valence-corrected chi connectivity index (χ3v) is 5.01. The summed E-state index contributed by atoms with van der Waals surface area (Å²) in [6.45, 7) is 2.28. The predicted molar refractivity (Wildman–Crippen MR) is 87.2 cm³/mol. The van der Waals surface area contributed by atoms with Gasteiger partial charge < -0.3 is 0 Å². The Labute approximate surface area is 139 Å². The molecule has 0 atom stereocenters. The Hall–Kier alpha value is -1.84. The highest BCUT2D eigenvalue weighted by Gasteiger charge is 2.33. The molecular weight excluding hydrogens is 316 g/mol. The third-order valence-electron chi connectivity index (χ3n) is 5.01. The number of alkyl halides is 3. The number of hydrogen-bond acceptors (Lipinski definition) is 0. The summed E-state index contributed by atoms with van der Waals surface area (Å²) < 4.78 is 51.6. The van der Waals surface area contributed by atoms with Crippen LogP contribution in [0.1, 0.15) is 49.7 Å². The van der Waals surface area contributed by atoms with Gasteiger partial charge in [-0.2, -0.15) is 13.2 Å². The van der Waals surface area contributed by atoms with Gasteiger partial charge in [-0.05, 0) is 53.5 Å². The highest BCUT2D eigenvalue weighted by atomic mass is 19.4. The second-order valence-electron chi connectivity index (χ2n) is 6.77.